The third kappa shape index (κ3) is 6.89. The van der Waals surface area contributed by atoms with Gasteiger partial charge in [-0.05, 0) is 98.8 Å². The molecule has 0 spiro atoms. The average Bonchev–Trinajstić information content (AvgIpc) is 3.78. The number of aromatic amines is 1. The summed E-state index contributed by atoms with van der Waals surface area (Å²) in [7, 11) is 0. The molecular formula is C34H37N5O4. The largest absolute Gasteiger partial charge is 0.482 e. The second kappa shape index (κ2) is 12.7. The molecule has 9 heteroatoms. The number of nitrogens with two attached hydrogens (primary N) is 1. The van der Waals surface area contributed by atoms with E-state index < -0.39 is 0 Å². The molecule has 2 aliphatic rings. The van der Waals surface area contributed by atoms with E-state index >= 15 is 0 Å². The number of hydrogen-bond donors (Lipinski definition) is 4. The maximum Gasteiger partial charge on any atom is 0.262 e. The number of ether oxygens (including phenoxy) is 1. The van der Waals surface area contributed by atoms with Gasteiger partial charge in [0.2, 0.25) is 0 Å². The van der Waals surface area contributed by atoms with Gasteiger partial charge in [-0.15, -0.1) is 0 Å². The summed E-state index contributed by atoms with van der Waals surface area (Å²) in [6, 6.07) is 20.8. The van der Waals surface area contributed by atoms with E-state index in [1.165, 1.54) is 18.5 Å². The van der Waals surface area contributed by atoms with E-state index in [0.717, 1.165) is 60.8 Å². The van der Waals surface area contributed by atoms with Crippen LogP contribution in [0.15, 0.2) is 66.7 Å². The lowest BCUT2D eigenvalue weighted by Gasteiger charge is -2.24. The average molecular weight is 580 g/mol. The third-order valence-electron chi connectivity index (χ3n) is 8.01. The zero-order valence-corrected chi connectivity index (χ0v) is 24.2. The Morgan fingerprint density at radius 3 is 2.51 bits per heavy atom. The standard InChI is InChI=1S/C34H37N5O4/c35-16-4-2-1-3-5-26-17-25-18-27(11-15-29(25)36-26)37-33(41)23-8-6-22(7-9-23)20-39(28-12-13-28)34(42)24-10-14-30-31(19-24)43-21-32(40)38-30/h6-11,14-15,17-19,28,36H,1-5,12-13,16,20-21,35H2,(H,37,41)(H,38,40). The van der Waals surface area contributed by atoms with Crippen molar-refractivity contribution < 1.29 is 19.1 Å². The molecule has 222 valence electrons. The number of amides is 3. The van der Waals surface area contributed by atoms with E-state index in [-0.39, 0.29) is 30.4 Å². The highest BCUT2D eigenvalue weighted by atomic mass is 16.5. The first-order chi connectivity index (χ1) is 21.0. The van der Waals surface area contributed by atoms with Crippen LogP contribution >= 0.6 is 0 Å². The third-order valence-corrected chi connectivity index (χ3v) is 8.01. The molecule has 0 radical (unpaired) electrons. The van der Waals surface area contributed by atoms with Gasteiger partial charge in [-0.1, -0.05) is 25.0 Å². The van der Waals surface area contributed by atoms with Gasteiger partial charge in [-0.2, -0.15) is 0 Å². The van der Waals surface area contributed by atoms with Crippen molar-refractivity contribution in [2.45, 2.75) is 57.5 Å². The first kappa shape index (κ1) is 28.5. The Kier molecular flexibility index (Phi) is 8.42. The minimum absolute atomic E-state index is 0.0607. The van der Waals surface area contributed by atoms with Gasteiger partial charge < -0.3 is 31.0 Å². The van der Waals surface area contributed by atoms with Crippen LogP contribution in [-0.4, -0.2) is 46.8 Å². The van der Waals surface area contributed by atoms with Crippen LogP contribution in [0.4, 0.5) is 11.4 Å². The van der Waals surface area contributed by atoms with E-state index in [4.69, 9.17) is 10.5 Å². The smallest absolute Gasteiger partial charge is 0.262 e. The summed E-state index contributed by atoms with van der Waals surface area (Å²) in [5, 5.41) is 6.84. The molecule has 3 amide bonds. The highest BCUT2D eigenvalue weighted by Crippen LogP contribution is 2.33. The van der Waals surface area contributed by atoms with Crippen LogP contribution in [0.1, 0.15) is 70.5 Å². The molecule has 1 aromatic heterocycles. The number of hydrogen-bond acceptors (Lipinski definition) is 5. The summed E-state index contributed by atoms with van der Waals surface area (Å²) in [6.45, 7) is 1.14. The number of carbonyl (C=O) groups is 3. The lowest BCUT2D eigenvalue weighted by atomic mass is 10.1. The number of aryl methyl sites for hydroxylation is 1. The van der Waals surface area contributed by atoms with E-state index in [0.29, 0.717) is 29.1 Å². The van der Waals surface area contributed by atoms with Crippen LogP contribution in [0, 0.1) is 0 Å². The Morgan fingerprint density at radius 1 is 0.930 bits per heavy atom. The van der Waals surface area contributed by atoms with Crippen molar-refractivity contribution in [2.24, 2.45) is 5.73 Å². The highest BCUT2D eigenvalue weighted by molar-refractivity contribution is 6.05. The van der Waals surface area contributed by atoms with Crippen LogP contribution in [-0.2, 0) is 17.8 Å². The molecule has 9 nitrogen and oxygen atoms in total. The molecule has 43 heavy (non-hydrogen) atoms. The number of carbonyl (C=O) groups excluding carboxylic acids is 3. The molecule has 2 heterocycles. The zero-order valence-electron chi connectivity index (χ0n) is 24.2. The number of fused-ring (bicyclic) bond motifs is 2. The number of aromatic nitrogens is 1. The summed E-state index contributed by atoms with van der Waals surface area (Å²) >= 11 is 0. The first-order valence-corrected chi connectivity index (χ1v) is 15.1. The van der Waals surface area contributed by atoms with Crippen molar-refractivity contribution in [3.63, 3.8) is 0 Å². The highest BCUT2D eigenvalue weighted by Gasteiger charge is 2.33. The molecule has 4 aromatic rings. The lowest BCUT2D eigenvalue weighted by molar-refractivity contribution is -0.118. The van der Waals surface area contributed by atoms with Gasteiger partial charge in [0.15, 0.2) is 6.61 Å². The molecule has 1 saturated carbocycles. The number of nitrogens with one attached hydrogen (secondary N) is 3. The fourth-order valence-corrected chi connectivity index (χ4v) is 5.51. The van der Waals surface area contributed by atoms with E-state index in [9.17, 15) is 14.4 Å². The Hall–Kier alpha value is -4.63. The predicted molar refractivity (Wildman–Crippen MR) is 167 cm³/mol. The monoisotopic (exact) mass is 579 g/mol. The summed E-state index contributed by atoms with van der Waals surface area (Å²) in [5.41, 5.74) is 11.2. The molecule has 0 saturated heterocycles. The normalized spacial score (nSPS) is 14.1. The number of rotatable bonds is 12. The predicted octanol–water partition coefficient (Wildman–Crippen LogP) is 5.62. The van der Waals surface area contributed by atoms with Gasteiger partial charge in [-0.3, -0.25) is 14.4 Å². The van der Waals surface area contributed by atoms with E-state index in [1.54, 1.807) is 30.3 Å². The van der Waals surface area contributed by atoms with Crippen LogP contribution in [0.2, 0.25) is 0 Å². The molecule has 6 rings (SSSR count). The molecule has 5 N–H and O–H groups in total. The summed E-state index contributed by atoms with van der Waals surface area (Å²) in [5.74, 6) is 0.0292. The first-order valence-electron chi connectivity index (χ1n) is 15.1. The number of benzene rings is 3. The lowest BCUT2D eigenvalue weighted by Crippen LogP contribution is -2.33. The van der Waals surface area contributed by atoms with Crippen molar-refractivity contribution in [1.29, 1.82) is 0 Å². The molecule has 1 aliphatic carbocycles. The zero-order chi connectivity index (χ0) is 29.8. The Labute approximate surface area is 250 Å². The number of H-pyrrole nitrogens is 1. The molecular weight excluding hydrogens is 542 g/mol. The molecule has 0 unspecified atom stereocenters. The quantitative estimate of drug-likeness (QED) is 0.162. The fraction of sp³-hybridized carbons (Fsp3) is 0.324. The van der Waals surface area contributed by atoms with Gasteiger partial charge in [0, 0.05) is 46.0 Å². The summed E-state index contributed by atoms with van der Waals surface area (Å²) in [6.07, 6.45) is 7.47. The maximum atomic E-state index is 13.5. The second-order valence-electron chi connectivity index (χ2n) is 11.4. The van der Waals surface area contributed by atoms with Crippen molar-refractivity contribution in [3.8, 4) is 5.75 Å². The number of nitrogens with zero attached hydrogens (tertiary/aromatic N) is 1. The second-order valence-corrected chi connectivity index (χ2v) is 11.4. The summed E-state index contributed by atoms with van der Waals surface area (Å²) < 4.78 is 5.50. The molecule has 1 aliphatic heterocycles. The van der Waals surface area contributed by atoms with Crippen LogP contribution in [0.25, 0.3) is 10.9 Å². The van der Waals surface area contributed by atoms with Crippen molar-refractivity contribution in [1.82, 2.24) is 9.88 Å². The van der Waals surface area contributed by atoms with E-state index in [2.05, 4.69) is 21.7 Å². The van der Waals surface area contributed by atoms with Gasteiger partial charge in [0.05, 0.1) is 5.69 Å². The number of unbranched alkanes of at least 4 members (excludes halogenated alkanes) is 3. The fourth-order valence-electron chi connectivity index (χ4n) is 5.51. The van der Waals surface area contributed by atoms with E-state index in [1.807, 2.05) is 35.2 Å². The van der Waals surface area contributed by atoms with Gasteiger partial charge >= 0.3 is 0 Å². The molecule has 0 bridgehead atoms. The Balaban J connectivity index is 1.07. The van der Waals surface area contributed by atoms with Gasteiger partial charge in [-0.25, -0.2) is 0 Å². The SMILES string of the molecule is NCCCCCCc1cc2cc(NC(=O)c3ccc(CN(C(=O)c4ccc5c(c4)OCC(=O)N5)C4CC4)cc3)ccc2[nH]1. The number of anilines is 2. The van der Waals surface area contributed by atoms with Crippen molar-refractivity contribution in [2.75, 3.05) is 23.8 Å². The van der Waals surface area contributed by atoms with Crippen LogP contribution in [0.3, 0.4) is 0 Å². The minimum Gasteiger partial charge on any atom is -0.482 e. The molecule has 3 aromatic carbocycles. The van der Waals surface area contributed by atoms with Crippen molar-refractivity contribution >= 4 is 40.0 Å². The minimum atomic E-state index is -0.209. The Morgan fingerprint density at radius 2 is 1.72 bits per heavy atom. The molecule has 1 fully saturated rings. The maximum absolute atomic E-state index is 13.5. The van der Waals surface area contributed by atoms with Gasteiger partial charge in [0.25, 0.3) is 17.7 Å². The molecule has 0 atom stereocenters. The van der Waals surface area contributed by atoms with Crippen LogP contribution < -0.4 is 21.1 Å². The summed E-state index contributed by atoms with van der Waals surface area (Å²) in [4.78, 5) is 43.4. The Bertz CT molecular complexity index is 1640. The van der Waals surface area contributed by atoms with Crippen LogP contribution in [0.5, 0.6) is 5.75 Å². The topological polar surface area (TPSA) is 130 Å². The van der Waals surface area contributed by atoms with Crippen molar-refractivity contribution in [3.05, 3.63) is 89.1 Å². The van der Waals surface area contributed by atoms with Gasteiger partial charge in [0.1, 0.15) is 5.75 Å².